The van der Waals surface area contributed by atoms with E-state index in [4.69, 9.17) is 0 Å². The smallest absolute Gasteiger partial charge is 0.312 e. The Balaban J connectivity index is 1.92. The molecule has 0 bridgehead atoms. The highest BCUT2D eigenvalue weighted by atomic mass is 16.2. The van der Waals surface area contributed by atoms with Gasteiger partial charge in [-0.25, -0.2) is 0 Å². The minimum Gasteiger partial charge on any atom is -0.352 e. The number of hydrogen-bond acceptors (Lipinski definition) is 4. The monoisotopic (exact) mass is 296 g/mol. The van der Waals surface area contributed by atoms with Crippen LogP contribution in [0.1, 0.15) is 26.7 Å². The number of nitrogens with one attached hydrogen (secondary N) is 2. The minimum absolute atomic E-state index is 0.0233. The molecule has 3 amide bonds. The summed E-state index contributed by atoms with van der Waals surface area (Å²) in [6.07, 6.45) is 1.89. The van der Waals surface area contributed by atoms with E-state index < -0.39 is 11.8 Å². The summed E-state index contributed by atoms with van der Waals surface area (Å²) in [7, 11) is 0. The van der Waals surface area contributed by atoms with Gasteiger partial charge in [0.2, 0.25) is 5.91 Å². The molecule has 7 heteroatoms. The zero-order chi connectivity index (χ0) is 15.4. The number of amides is 3. The highest BCUT2D eigenvalue weighted by Gasteiger charge is 2.40. The zero-order valence-electron chi connectivity index (χ0n) is 12.7. The Morgan fingerprint density at radius 2 is 2.19 bits per heavy atom. The standard InChI is InChI=1S/C14H24N4O3/c1-3-4-10(2)16-12(19)9-17-8-11-7-15-5-6-18(11)14(21)13(17)20/h10-11,15H,3-9H2,1-2H3,(H,16,19). The van der Waals surface area contributed by atoms with Gasteiger partial charge in [-0.15, -0.1) is 0 Å². The first-order valence-electron chi connectivity index (χ1n) is 7.63. The van der Waals surface area contributed by atoms with Crippen LogP contribution in [0.4, 0.5) is 0 Å². The maximum Gasteiger partial charge on any atom is 0.312 e. The molecule has 0 aromatic rings. The third-order valence-electron chi connectivity index (χ3n) is 3.98. The van der Waals surface area contributed by atoms with Gasteiger partial charge < -0.3 is 20.4 Å². The van der Waals surface area contributed by atoms with Crippen molar-refractivity contribution in [2.45, 2.75) is 38.8 Å². The molecule has 2 atom stereocenters. The molecule has 0 spiro atoms. The topological polar surface area (TPSA) is 81.8 Å². The van der Waals surface area contributed by atoms with Crippen LogP contribution in [0, 0.1) is 0 Å². The SMILES string of the molecule is CCCC(C)NC(=O)CN1CC2CNCCN2C(=O)C1=O. The number of nitrogens with zero attached hydrogens (tertiary/aromatic N) is 2. The third kappa shape index (κ3) is 3.72. The lowest BCUT2D eigenvalue weighted by molar-refractivity contribution is -0.160. The summed E-state index contributed by atoms with van der Waals surface area (Å²) in [6, 6.07) is 0.0655. The van der Waals surface area contributed by atoms with Crippen molar-refractivity contribution in [3.8, 4) is 0 Å². The molecule has 0 saturated carbocycles. The Morgan fingerprint density at radius 1 is 1.43 bits per heavy atom. The molecule has 2 saturated heterocycles. The maximum absolute atomic E-state index is 12.1. The molecule has 2 N–H and O–H groups in total. The van der Waals surface area contributed by atoms with Gasteiger partial charge in [0.1, 0.15) is 6.54 Å². The molecule has 2 heterocycles. The average molecular weight is 296 g/mol. The van der Waals surface area contributed by atoms with Gasteiger partial charge in [-0.3, -0.25) is 14.4 Å². The predicted molar refractivity (Wildman–Crippen MR) is 77.5 cm³/mol. The normalized spacial score (nSPS) is 23.8. The Kier molecular flexibility index (Phi) is 5.17. The largest absolute Gasteiger partial charge is 0.352 e. The molecule has 2 rings (SSSR count). The summed E-state index contributed by atoms with van der Waals surface area (Å²) in [5, 5.41) is 6.07. The first kappa shape index (κ1) is 15.8. The predicted octanol–water partition coefficient (Wildman–Crippen LogP) is -1.07. The molecule has 0 aliphatic carbocycles. The number of fused-ring (bicyclic) bond motifs is 1. The Labute approximate surface area is 125 Å². The van der Waals surface area contributed by atoms with Crippen LogP contribution < -0.4 is 10.6 Å². The van der Waals surface area contributed by atoms with Crippen LogP contribution in [-0.2, 0) is 14.4 Å². The van der Waals surface area contributed by atoms with Crippen LogP contribution in [0.2, 0.25) is 0 Å². The van der Waals surface area contributed by atoms with Gasteiger partial charge >= 0.3 is 11.8 Å². The van der Waals surface area contributed by atoms with E-state index in [1.54, 1.807) is 4.90 Å². The first-order chi connectivity index (χ1) is 10.0. The van der Waals surface area contributed by atoms with Crippen LogP contribution in [-0.4, -0.2) is 72.3 Å². The molecule has 2 aliphatic rings. The second-order valence-electron chi connectivity index (χ2n) is 5.80. The van der Waals surface area contributed by atoms with Crippen molar-refractivity contribution in [3.05, 3.63) is 0 Å². The van der Waals surface area contributed by atoms with E-state index >= 15 is 0 Å². The Bertz CT molecular complexity index is 426. The molecule has 7 nitrogen and oxygen atoms in total. The Morgan fingerprint density at radius 3 is 2.90 bits per heavy atom. The number of hydrogen-bond donors (Lipinski definition) is 2. The van der Waals surface area contributed by atoms with E-state index in [1.165, 1.54) is 4.90 Å². The summed E-state index contributed by atoms with van der Waals surface area (Å²) in [5.41, 5.74) is 0. The summed E-state index contributed by atoms with van der Waals surface area (Å²) in [6.45, 7) is 6.32. The fraction of sp³-hybridized carbons (Fsp3) is 0.786. The van der Waals surface area contributed by atoms with Crippen LogP contribution in [0.15, 0.2) is 0 Å². The van der Waals surface area contributed by atoms with Crippen LogP contribution in [0.3, 0.4) is 0 Å². The van der Waals surface area contributed by atoms with Gasteiger partial charge in [-0.2, -0.15) is 0 Å². The maximum atomic E-state index is 12.1. The second kappa shape index (κ2) is 6.89. The lowest BCUT2D eigenvalue weighted by atomic mass is 10.1. The number of carbonyl (C=O) groups is 3. The van der Waals surface area contributed by atoms with Crippen molar-refractivity contribution < 1.29 is 14.4 Å². The fourth-order valence-corrected chi connectivity index (χ4v) is 2.92. The van der Waals surface area contributed by atoms with Gasteiger partial charge in [0, 0.05) is 32.2 Å². The van der Waals surface area contributed by atoms with Gasteiger partial charge in [-0.05, 0) is 13.3 Å². The van der Waals surface area contributed by atoms with Gasteiger partial charge in [-0.1, -0.05) is 13.3 Å². The highest BCUT2D eigenvalue weighted by molar-refractivity contribution is 6.35. The summed E-state index contributed by atoms with van der Waals surface area (Å²) < 4.78 is 0. The quantitative estimate of drug-likeness (QED) is 0.633. The van der Waals surface area contributed by atoms with Crippen molar-refractivity contribution in [1.82, 2.24) is 20.4 Å². The lowest BCUT2D eigenvalue weighted by Gasteiger charge is -2.43. The van der Waals surface area contributed by atoms with E-state index in [-0.39, 0.29) is 24.5 Å². The van der Waals surface area contributed by atoms with Gasteiger partial charge in [0.15, 0.2) is 0 Å². The number of piperazine rings is 2. The van der Waals surface area contributed by atoms with Crippen LogP contribution in [0.5, 0.6) is 0 Å². The molecule has 0 aromatic heterocycles. The zero-order valence-corrected chi connectivity index (χ0v) is 12.7. The molecule has 2 fully saturated rings. The van der Waals surface area contributed by atoms with Crippen molar-refractivity contribution in [2.75, 3.05) is 32.7 Å². The fourth-order valence-electron chi connectivity index (χ4n) is 2.92. The molecular formula is C14H24N4O3. The average Bonchev–Trinajstić information content (AvgIpc) is 2.44. The summed E-state index contributed by atoms with van der Waals surface area (Å²) in [5.74, 6) is -1.25. The Hall–Kier alpha value is -1.63. The van der Waals surface area contributed by atoms with E-state index in [1.807, 2.05) is 6.92 Å². The summed E-state index contributed by atoms with van der Waals surface area (Å²) >= 11 is 0. The summed E-state index contributed by atoms with van der Waals surface area (Å²) in [4.78, 5) is 39.1. The van der Waals surface area contributed by atoms with E-state index in [0.29, 0.717) is 26.2 Å². The molecule has 0 aromatic carbocycles. The van der Waals surface area contributed by atoms with Crippen molar-refractivity contribution in [3.63, 3.8) is 0 Å². The van der Waals surface area contributed by atoms with Crippen molar-refractivity contribution in [2.24, 2.45) is 0 Å². The molecule has 0 radical (unpaired) electrons. The van der Waals surface area contributed by atoms with E-state index in [9.17, 15) is 14.4 Å². The molecule has 2 unspecified atom stereocenters. The van der Waals surface area contributed by atoms with E-state index in [2.05, 4.69) is 17.6 Å². The number of rotatable bonds is 5. The molecule has 2 aliphatic heterocycles. The third-order valence-corrected chi connectivity index (χ3v) is 3.98. The minimum atomic E-state index is -0.563. The van der Waals surface area contributed by atoms with Crippen LogP contribution in [0.25, 0.3) is 0 Å². The first-order valence-corrected chi connectivity index (χ1v) is 7.63. The number of carbonyl (C=O) groups excluding carboxylic acids is 3. The van der Waals surface area contributed by atoms with E-state index in [0.717, 1.165) is 12.8 Å². The molecular weight excluding hydrogens is 272 g/mol. The molecule has 21 heavy (non-hydrogen) atoms. The van der Waals surface area contributed by atoms with Crippen LogP contribution >= 0.6 is 0 Å². The van der Waals surface area contributed by atoms with Crippen molar-refractivity contribution in [1.29, 1.82) is 0 Å². The van der Waals surface area contributed by atoms with Gasteiger partial charge in [0.05, 0.1) is 6.04 Å². The lowest BCUT2D eigenvalue weighted by Crippen LogP contribution is -2.66. The molecule has 118 valence electrons. The second-order valence-corrected chi connectivity index (χ2v) is 5.80. The van der Waals surface area contributed by atoms with Crippen molar-refractivity contribution >= 4 is 17.7 Å². The highest BCUT2D eigenvalue weighted by Crippen LogP contribution is 2.13. The van der Waals surface area contributed by atoms with Gasteiger partial charge in [0.25, 0.3) is 0 Å².